The lowest BCUT2D eigenvalue weighted by atomic mass is 9.94. The van der Waals surface area contributed by atoms with Crippen molar-refractivity contribution in [3.05, 3.63) is 40.3 Å². The molecule has 1 aliphatic rings. The molecule has 0 bridgehead atoms. The Hall–Kier alpha value is -2.10. The van der Waals surface area contributed by atoms with E-state index in [4.69, 9.17) is 17.1 Å². The van der Waals surface area contributed by atoms with Gasteiger partial charge in [-0.1, -0.05) is 23.3 Å². The van der Waals surface area contributed by atoms with Gasteiger partial charge in [0.15, 0.2) is 0 Å². The number of phenols is 1. The topological polar surface area (TPSA) is 72.2 Å². The fourth-order valence-corrected chi connectivity index (χ4v) is 3.64. The summed E-state index contributed by atoms with van der Waals surface area (Å²) in [4.78, 5) is 5.18. The van der Waals surface area contributed by atoms with E-state index in [-0.39, 0.29) is 17.2 Å². The van der Waals surface area contributed by atoms with Crippen LogP contribution in [0, 0.1) is 0 Å². The first kappa shape index (κ1) is 15.8. The molecule has 0 radical (unpaired) electrons. The lowest BCUT2D eigenvalue weighted by Crippen LogP contribution is -2.40. The van der Waals surface area contributed by atoms with Crippen molar-refractivity contribution in [2.75, 3.05) is 17.3 Å². The molecule has 0 saturated carbocycles. The largest absolute Gasteiger partial charge is 0.507 e. The maximum atomic E-state index is 10.5. The van der Waals surface area contributed by atoms with Crippen molar-refractivity contribution in [2.45, 2.75) is 32.2 Å². The summed E-state index contributed by atoms with van der Waals surface area (Å²) in [5, 5.41) is 15.8. The van der Waals surface area contributed by atoms with Crippen LogP contribution in [0.15, 0.2) is 29.4 Å². The minimum absolute atomic E-state index is 0.0941. The molecule has 6 heteroatoms. The van der Waals surface area contributed by atoms with Crippen molar-refractivity contribution in [3.63, 3.8) is 0 Å². The predicted molar refractivity (Wildman–Crippen MR) is 95.0 cm³/mol. The Kier molecular flexibility index (Phi) is 3.78. The molecule has 0 unspecified atom stereocenters. The number of aromatic hydroxyl groups is 1. The van der Waals surface area contributed by atoms with Crippen LogP contribution in [-0.2, 0) is 0 Å². The van der Waals surface area contributed by atoms with Crippen molar-refractivity contribution in [1.82, 2.24) is 0 Å². The number of alkyl halides is 1. The zero-order valence-corrected chi connectivity index (χ0v) is 14.2. The molecule has 0 aliphatic carbocycles. The third-order valence-corrected chi connectivity index (χ3v) is 4.76. The molecule has 0 saturated heterocycles. The number of hydrogen-bond acceptors (Lipinski definition) is 3. The fraction of sp³-hybridized carbons (Fsp3) is 0.412. The van der Waals surface area contributed by atoms with Gasteiger partial charge in [-0.15, -0.1) is 11.6 Å². The highest BCUT2D eigenvalue weighted by molar-refractivity contribution is 6.19. The van der Waals surface area contributed by atoms with Gasteiger partial charge in [0.2, 0.25) is 0 Å². The lowest BCUT2D eigenvalue weighted by Gasteiger charge is -2.35. The summed E-state index contributed by atoms with van der Waals surface area (Å²) in [6.45, 7) is 7.18. The van der Waals surface area contributed by atoms with Crippen molar-refractivity contribution < 1.29 is 5.11 Å². The molecule has 1 atom stereocenters. The van der Waals surface area contributed by atoms with Crippen molar-refractivity contribution in [3.8, 4) is 5.75 Å². The minimum atomic E-state index is -0.0941. The predicted octanol–water partition coefficient (Wildman–Crippen LogP) is 5.43. The minimum Gasteiger partial charge on any atom is -0.507 e. The molecule has 2 aromatic carbocycles. The SMILES string of the molecule is CC(C)(C)N1C[C@@H](CCl)c2c1cc(O)c1cccc(N=[N+]=[N-])c21. The number of fused-ring (bicyclic) bond motifs is 3. The zero-order valence-electron chi connectivity index (χ0n) is 13.4. The second-order valence-corrected chi connectivity index (χ2v) is 7.16. The maximum absolute atomic E-state index is 10.5. The van der Waals surface area contributed by atoms with Crippen LogP contribution >= 0.6 is 11.6 Å². The van der Waals surface area contributed by atoms with Gasteiger partial charge in [-0.05, 0) is 31.9 Å². The molecule has 1 N–H and O–H groups in total. The van der Waals surface area contributed by atoms with Crippen LogP contribution < -0.4 is 4.90 Å². The highest BCUT2D eigenvalue weighted by Crippen LogP contribution is 2.49. The number of nitrogens with zero attached hydrogens (tertiary/aromatic N) is 4. The van der Waals surface area contributed by atoms with Gasteiger partial charge < -0.3 is 10.0 Å². The number of hydrogen-bond donors (Lipinski definition) is 1. The Morgan fingerprint density at radius 1 is 1.43 bits per heavy atom. The normalized spacial score (nSPS) is 17.2. The van der Waals surface area contributed by atoms with Crippen LogP contribution in [0.1, 0.15) is 32.3 Å². The van der Waals surface area contributed by atoms with Crippen molar-refractivity contribution in [2.24, 2.45) is 5.11 Å². The Morgan fingerprint density at radius 3 is 2.78 bits per heavy atom. The summed E-state index contributed by atoms with van der Waals surface area (Å²) in [6.07, 6.45) is 0. The third kappa shape index (κ3) is 2.46. The molecule has 2 aromatic rings. The Morgan fingerprint density at radius 2 is 2.17 bits per heavy atom. The van der Waals surface area contributed by atoms with Gasteiger partial charge in [-0.2, -0.15) is 0 Å². The molecule has 23 heavy (non-hydrogen) atoms. The van der Waals surface area contributed by atoms with E-state index in [1.165, 1.54) is 0 Å². The lowest BCUT2D eigenvalue weighted by molar-refractivity contribution is 0.479. The first-order valence-electron chi connectivity index (χ1n) is 7.55. The summed E-state index contributed by atoms with van der Waals surface area (Å²) < 4.78 is 0. The first-order chi connectivity index (χ1) is 10.9. The molecule has 3 rings (SSSR count). The third-order valence-electron chi connectivity index (χ3n) is 4.39. The van der Waals surface area contributed by atoms with Crippen LogP contribution in [0.4, 0.5) is 11.4 Å². The Bertz CT molecular complexity index is 821. The van der Waals surface area contributed by atoms with Crippen LogP contribution in [0.2, 0.25) is 0 Å². The number of halogens is 1. The Balaban J connectivity index is 2.42. The number of anilines is 1. The van der Waals surface area contributed by atoms with E-state index in [0.717, 1.165) is 23.2 Å². The number of phenolic OH excluding ortho intramolecular Hbond substituents is 1. The van der Waals surface area contributed by atoms with Gasteiger partial charge in [-0.3, -0.25) is 0 Å². The van der Waals surface area contributed by atoms with E-state index in [2.05, 4.69) is 35.7 Å². The van der Waals surface area contributed by atoms with Gasteiger partial charge in [-0.25, -0.2) is 0 Å². The number of azide groups is 1. The summed E-state index contributed by atoms with van der Waals surface area (Å²) in [6, 6.07) is 7.19. The van der Waals surface area contributed by atoms with E-state index in [0.29, 0.717) is 17.0 Å². The summed E-state index contributed by atoms with van der Waals surface area (Å²) in [5.74, 6) is 0.798. The molecule has 0 amide bonds. The zero-order chi connectivity index (χ0) is 16.8. The summed E-state index contributed by atoms with van der Waals surface area (Å²) in [7, 11) is 0. The van der Waals surface area contributed by atoms with Crippen LogP contribution in [0.5, 0.6) is 5.75 Å². The van der Waals surface area contributed by atoms with E-state index in [1.54, 1.807) is 18.2 Å². The second-order valence-electron chi connectivity index (χ2n) is 6.85. The number of benzene rings is 2. The van der Waals surface area contributed by atoms with Gasteiger partial charge >= 0.3 is 0 Å². The summed E-state index contributed by atoms with van der Waals surface area (Å²) >= 11 is 6.23. The highest BCUT2D eigenvalue weighted by Gasteiger charge is 2.36. The van der Waals surface area contributed by atoms with Gasteiger partial charge in [0.05, 0.1) is 0 Å². The average molecular weight is 331 g/mol. The molecule has 0 aromatic heterocycles. The van der Waals surface area contributed by atoms with Crippen LogP contribution in [0.3, 0.4) is 0 Å². The van der Waals surface area contributed by atoms with E-state index >= 15 is 0 Å². The first-order valence-corrected chi connectivity index (χ1v) is 8.09. The smallest absolute Gasteiger partial charge is 0.125 e. The van der Waals surface area contributed by atoms with Gasteiger partial charge in [0, 0.05) is 57.0 Å². The monoisotopic (exact) mass is 330 g/mol. The van der Waals surface area contributed by atoms with Gasteiger partial charge in [0.25, 0.3) is 0 Å². The molecular weight excluding hydrogens is 312 g/mol. The average Bonchev–Trinajstić information content (AvgIpc) is 2.86. The van der Waals surface area contributed by atoms with Crippen LogP contribution in [-0.4, -0.2) is 23.1 Å². The van der Waals surface area contributed by atoms with E-state index in [9.17, 15) is 5.11 Å². The molecule has 1 heterocycles. The van der Waals surface area contributed by atoms with Gasteiger partial charge in [0.1, 0.15) is 5.75 Å². The van der Waals surface area contributed by atoms with Crippen molar-refractivity contribution in [1.29, 1.82) is 0 Å². The quantitative estimate of drug-likeness (QED) is 0.345. The van der Waals surface area contributed by atoms with Crippen LogP contribution in [0.25, 0.3) is 21.2 Å². The fourth-order valence-electron chi connectivity index (χ4n) is 3.39. The molecule has 5 nitrogen and oxygen atoms in total. The standard InChI is InChI=1S/C17H19ClN4O/c1-17(2,3)22-9-10(8-18)15-13(22)7-14(23)11-5-4-6-12(16(11)15)20-21-19/h4-7,10,23H,8-9H2,1-3H3/t10-/m1/s1. The second kappa shape index (κ2) is 5.52. The molecule has 0 spiro atoms. The van der Waals surface area contributed by atoms with Crippen molar-refractivity contribution >= 4 is 33.7 Å². The molecular formula is C17H19ClN4O. The molecule has 120 valence electrons. The Labute approximate surface area is 140 Å². The summed E-state index contributed by atoms with van der Waals surface area (Å²) in [5.41, 5.74) is 11.3. The van der Waals surface area contributed by atoms with E-state index in [1.807, 2.05) is 6.07 Å². The molecule has 0 fully saturated rings. The number of rotatable bonds is 2. The van der Waals surface area contributed by atoms with E-state index < -0.39 is 0 Å². The highest BCUT2D eigenvalue weighted by atomic mass is 35.5. The maximum Gasteiger partial charge on any atom is 0.125 e. The molecule has 1 aliphatic heterocycles.